The number of rotatable bonds is 8. The number of carbonyl (C=O) groups excluding carboxylic acids is 1. The number of aromatic nitrogens is 2. The van der Waals surface area contributed by atoms with Gasteiger partial charge in [-0.3, -0.25) is 4.79 Å². The molecular formula is C30H39N5OS. The highest BCUT2D eigenvalue weighted by atomic mass is 32.2. The van der Waals surface area contributed by atoms with Crippen LogP contribution in [0.4, 0.5) is 5.82 Å². The molecule has 2 aromatic carbocycles. The maximum absolute atomic E-state index is 12.9. The Bertz CT molecular complexity index is 1170. The van der Waals surface area contributed by atoms with Gasteiger partial charge in [-0.1, -0.05) is 81.9 Å². The Morgan fingerprint density at radius 2 is 1.62 bits per heavy atom. The van der Waals surface area contributed by atoms with E-state index in [1.54, 1.807) is 16.7 Å². The van der Waals surface area contributed by atoms with Crippen molar-refractivity contribution in [2.24, 2.45) is 0 Å². The molecule has 196 valence electrons. The summed E-state index contributed by atoms with van der Waals surface area (Å²) in [5.41, 5.74) is 3.99. The van der Waals surface area contributed by atoms with E-state index in [0.717, 1.165) is 66.3 Å². The highest BCUT2D eigenvalue weighted by Gasteiger charge is 2.22. The van der Waals surface area contributed by atoms with Crippen LogP contribution in [0.15, 0.2) is 65.8 Å². The van der Waals surface area contributed by atoms with Crippen LogP contribution in [0.5, 0.6) is 0 Å². The van der Waals surface area contributed by atoms with Crippen molar-refractivity contribution in [2.75, 3.05) is 44.7 Å². The largest absolute Gasteiger partial charge is 0.354 e. The topological polar surface area (TPSA) is 52.6 Å². The van der Waals surface area contributed by atoms with Gasteiger partial charge in [-0.15, -0.1) is 0 Å². The third-order valence-electron chi connectivity index (χ3n) is 6.78. The van der Waals surface area contributed by atoms with Gasteiger partial charge in [0, 0.05) is 62.6 Å². The van der Waals surface area contributed by atoms with Crippen molar-refractivity contribution >= 4 is 23.5 Å². The van der Waals surface area contributed by atoms with Crippen LogP contribution in [-0.4, -0.2) is 65.4 Å². The lowest BCUT2D eigenvalue weighted by Gasteiger charge is -2.35. The van der Waals surface area contributed by atoms with Gasteiger partial charge in [0.1, 0.15) is 5.82 Å². The second-order valence-corrected chi connectivity index (χ2v) is 11.6. The van der Waals surface area contributed by atoms with Crippen LogP contribution in [0.2, 0.25) is 0 Å². The third kappa shape index (κ3) is 7.33. The number of benzene rings is 2. The smallest absolute Gasteiger partial charge is 0.253 e. The fourth-order valence-corrected chi connectivity index (χ4v) is 5.17. The Morgan fingerprint density at radius 1 is 0.946 bits per heavy atom. The molecule has 7 heteroatoms. The van der Waals surface area contributed by atoms with E-state index in [9.17, 15) is 4.79 Å². The molecule has 0 N–H and O–H groups in total. The van der Waals surface area contributed by atoms with Crippen molar-refractivity contribution in [3.8, 4) is 0 Å². The van der Waals surface area contributed by atoms with Crippen LogP contribution in [0.3, 0.4) is 0 Å². The van der Waals surface area contributed by atoms with Gasteiger partial charge in [-0.05, 0) is 29.8 Å². The summed E-state index contributed by atoms with van der Waals surface area (Å²) in [6, 6.07) is 20.1. The minimum Gasteiger partial charge on any atom is -0.354 e. The first-order chi connectivity index (χ1) is 17.7. The predicted octanol–water partition coefficient (Wildman–Crippen LogP) is 5.48. The average Bonchev–Trinajstić information content (AvgIpc) is 2.91. The number of carbonyl (C=O) groups is 1. The Balaban J connectivity index is 1.41. The summed E-state index contributed by atoms with van der Waals surface area (Å²) in [7, 11) is 1.85. The molecule has 1 aliphatic rings. The molecule has 0 radical (unpaired) electrons. The molecule has 0 bridgehead atoms. The van der Waals surface area contributed by atoms with Gasteiger partial charge in [0.2, 0.25) is 0 Å². The second kappa shape index (κ2) is 12.1. The van der Waals surface area contributed by atoms with Crippen molar-refractivity contribution in [3.63, 3.8) is 0 Å². The zero-order chi connectivity index (χ0) is 26.4. The lowest BCUT2D eigenvalue weighted by Crippen LogP contribution is -2.46. The van der Waals surface area contributed by atoms with Crippen LogP contribution < -0.4 is 4.90 Å². The molecule has 0 saturated carbocycles. The molecule has 0 atom stereocenters. The summed E-state index contributed by atoms with van der Waals surface area (Å²) in [5, 5.41) is 0.808. The van der Waals surface area contributed by atoms with E-state index < -0.39 is 0 Å². The molecule has 1 aromatic heterocycles. The molecule has 1 amide bonds. The van der Waals surface area contributed by atoms with Crippen LogP contribution in [0.1, 0.15) is 54.9 Å². The molecule has 1 fully saturated rings. The van der Waals surface area contributed by atoms with E-state index in [1.165, 1.54) is 0 Å². The van der Waals surface area contributed by atoms with E-state index >= 15 is 0 Å². The normalized spacial score (nSPS) is 14.6. The summed E-state index contributed by atoms with van der Waals surface area (Å²) >= 11 is 1.65. The quantitative estimate of drug-likeness (QED) is 0.291. The molecule has 2 heterocycles. The van der Waals surface area contributed by atoms with E-state index in [4.69, 9.17) is 9.97 Å². The Hall–Kier alpha value is -2.90. The summed E-state index contributed by atoms with van der Waals surface area (Å²) in [6.45, 7) is 14.6. The van der Waals surface area contributed by atoms with Crippen molar-refractivity contribution in [2.45, 2.75) is 50.6 Å². The zero-order valence-corrected chi connectivity index (χ0v) is 23.6. The predicted molar refractivity (Wildman–Crippen MR) is 153 cm³/mol. The number of piperazine rings is 1. The summed E-state index contributed by atoms with van der Waals surface area (Å²) in [5.74, 6) is 1.81. The number of thioether (sulfide) groups is 1. The highest BCUT2D eigenvalue weighted by molar-refractivity contribution is 7.98. The lowest BCUT2D eigenvalue weighted by molar-refractivity contribution is 0.0785. The van der Waals surface area contributed by atoms with E-state index in [-0.39, 0.29) is 11.3 Å². The number of likely N-dealkylation sites (N-methyl/N-ethyl adjacent to an activating group) is 1. The molecule has 4 rings (SSSR count). The first kappa shape index (κ1) is 27.1. The summed E-state index contributed by atoms with van der Waals surface area (Å²) < 4.78 is 0. The average molecular weight is 518 g/mol. The van der Waals surface area contributed by atoms with Crippen LogP contribution in [0.25, 0.3) is 0 Å². The summed E-state index contributed by atoms with van der Waals surface area (Å²) in [6.07, 6.45) is 0. The summed E-state index contributed by atoms with van der Waals surface area (Å²) in [4.78, 5) is 29.4. The van der Waals surface area contributed by atoms with Crippen molar-refractivity contribution in [1.29, 1.82) is 0 Å². The fraction of sp³-hybridized carbons (Fsp3) is 0.433. The minimum atomic E-state index is -0.0496. The van der Waals surface area contributed by atoms with Crippen molar-refractivity contribution in [1.82, 2.24) is 19.8 Å². The Kier molecular flexibility index (Phi) is 8.87. The van der Waals surface area contributed by atoms with Crippen LogP contribution in [0, 0.1) is 0 Å². The first-order valence-electron chi connectivity index (χ1n) is 13.1. The number of anilines is 1. The number of hydrogen-bond donors (Lipinski definition) is 0. The minimum absolute atomic E-state index is 0.0251. The Morgan fingerprint density at radius 3 is 2.24 bits per heavy atom. The molecule has 3 aromatic rings. The molecule has 0 unspecified atom stereocenters. The highest BCUT2D eigenvalue weighted by Crippen LogP contribution is 2.29. The van der Waals surface area contributed by atoms with Gasteiger partial charge in [-0.25, -0.2) is 9.97 Å². The maximum atomic E-state index is 12.9. The molecule has 6 nitrogen and oxygen atoms in total. The number of amides is 1. The van der Waals surface area contributed by atoms with Crippen LogP contribution in [-0.2, 0) is 17.7 Å². The monoisotopic (exact) mass is 517 g/mol. The van der Waals surface area contributed by atoms with Gasteiger partial charge < -0.3 is 14.7 Å². The first-order valence-corrected chi connectivity index (χ1v) is 14.1. The van der Waals surface area contributed by atoms with Gasteiger partial charge in [0.25, 0.3) is 5.91 Å². The molecule has 0 aliphatic carbocycles. The van der Waals surface area contributed by atoms with E-state index in [0.29, 0.717) is 12.1 Å². The third-order valence-corrected chi connectivity index (χ3v) is 7.70. The maximum Gasteiger partial charge on any atom is 0.253 e. The molecule has 1 aliphatic heterocycles. The molecule has 37 heavy (non-hydrogen) atoms. The number of hydrogen-bond acceptors (Lipinski definition) is 6. The molecule has 1 saturated heterocycles. The molecule has 0 spiro atoms. The van der Waals surface area contributed by atoms with Crippen molar-refractivity contribution in [3.05, 3.63) is 83.0 Å². The Labute approximate surface area is 226 Å². The van der Waals surface area contributed by atoms with Crippen molar-refractivity contribution < 1.29 is 4.79 Å². The molecular weight excluding hydrogens is 478 g/mol. The van der Waals surface area contributed by atoms with Gasteiger partial charge in [-0.2, -0.15) is 0 Å². The van der Waals surface area contributed by atoms with Gasteiger partial charge >= 0.3 is 0 Å². The van der Waals surface area contributed by atoms with Crippen LogP contribution >= 0.6 is 11.8 Å². The SMILES string of the molecule is CCN1CCN(c2cc(C(C)(C)C)nc(SCc3ccc(C(=O)N(C)Cc4ccccc4)cc3)n2)CC1. The van der Waals surface area contributed by atoms with E-state index in [1.807, 2.05) is 61.6 Å². The lowest BCUT2D eigenvalue weighted by atomic mass is 9.92. The fourth-order valence-electron chi connectivity index (χ4n) is 4.36. The van der Waals surface area contributed by atoms with E-state index in [2.05, 4.69) is 43.6 Å². The second-order valence-electron chi connectivity index (χ2n) is 10.7. The van der Waals surface area contributed by atoms with Gasteiger partial charge in [0.05, 0.1) is 5.69 Å². The van der Waals surface area contributed by atoms with Gasteiger partial charge in [0.15, 0.2) is 5.16 Å². The standard InChI is InChI=1S/C30H39N5OS/c1-6-34-16-18-35(19-17-34)27-20-26(30(2,3)4)31-29(32-27)37-22-24-12-14-25(15-13-24)28(36)33(5)21-23-10-8-7-9-11-23/h7-15,20H,6,16-19,21-22H2,1-5H3. The zero-order valence-electron chi connectivity index (χ0n) is 22.8. The number of nitrogens with zero attached hydrogens (tertiary/aromatic N) is 5.